The van der Waals surface area contributed by atoms with Gasteiger partial charge in [-0.2, -0.15) is 11.8 Å². The zero-order chi connectivity index (χ0) is 15.5. The average molecular weight is 338 g/mol. The number of nitrogens with zero attached hydrogens (tertiary/aromatic N) is 1. The fourth-order valence-electron chi connectivity index (χ4n) is 3.29. The highest BCUT2D eigenvalue weighted by Gasteiger charge is 2.39. The fraction of sp³-hybridized carbons (Fsp3) is 0.588. The maximum Gasteiger partial charge on any atom is 0.191 e. The van der Waals surface area contributed by atoms with Crippen molar-refractivity contribution in [2.45, 2.75) is 48.9 Å². The lowest BCUT2D eigenvalue weighted by Gasteiger charge is -2.17. The molecule has 0 radical (unpaired) electrons. The molecule has 1 aromatic rings. The van der Waals surface area contributed by atoms with Gasteiger partial charge in [0, 0.05) is 35.3 Å². The summed E-state index contributed by atoms with van der Waals surface area (Å²) in [5.41, 5.74) is 1.32. The van der Waals surface area contributed by atoms with Gasteiger partial charge in [-0.25, -0.2) is 0 Å². The van der Waals surface area contributed by atoms with Gasteiger partial charge in [-0.1, -0.05) is 23.7 Å². The molecular weight excluding hydrogens is 314 g/mol. The zero-order valence-corrected chi connectivity index (χ0v) is 14.8. The summed E-state index contributed by atoms with van der Waals surface area (Å²) < 4.78 is 0. The van der Waals surface area contributed by atoms with Crippen LogP contribution < -0.4 is 10.6 Å². The SMILES string of the molecule is CN=C(NC1CCC(SC)C1)NC1CC1c1cccc(Cl)c1. The van der Waals surface area contributed by atoms with Crippen molar-refractivity contribution in [1.82, 2.24) is 10.6 Å². The van der Waals surface area contributed by atoms with Crippen molar-refractivity contribution in [2.75, 3.05) is 13.3 Å². The number of benzene rings is 1. The third-order valence-corrected chi connectivity index (χ3v) is 6.00. The lowest BCUT2D eigenvalue weighted by Crippen LogP contribution is -2.43. The lowest BCUT2D eigenvalue weighted by molar-refractivity contribution is 0.613. The van der Waals surface area contributed by atoms with Crippen LogP contribution >= 0.6 is 23.4 Å². The van der Waals surface area contributed by atoms with Crippen LogP contribution in [-0.2, 0) is 0 Å². The van der Waals surface area contributed by atoms with Gasteiger partial charge in [-0.3, -0.25) is 4.99 Å². The average Bonchev–Trinajstić information content (AvgIpc) is 3.14. The first-order chi connectivity index (χ1) is 10.7. The van der Waals surface area contributed by atoms with E-state index in [1.807, 2.05) is 30.9 Å². The van der Waals surface area contributed by atoms with E-state index in [4.69, 9.17) is 11.6 Å². The number of nitrogens with one attached hydrogen (secondary N) is 2. The van der Waals surface area contributed by atoms with Crippen LogP contribution in [0.2, 0.25) is 5.02 Å². The molecule has 5 heteroatoms. The van der Waals surface area contributed by atoms with Crippen molar-refractivity contribution in [3.05, 3.63) is 34.9 Å². The van der Waals surface area contributed by atoms with Gasteiger partial charge in [0.1, 0.15) is 0 Å². The van der Waals surface area contributed by atoms with E-state index in [0.29, 0.717) is 18.0 Å². The van der Waals surface area contributed by atoms with Crippen molar-refractivity contribution < 1.29 is 0 Å². The van der Waals surface area contributed by atoms with Crippen molar-refractivity contribution in [3.63, 3.8) is 0 Å². The molecule has 0 spiro atoms. The van der Waals surface area contributed by atoms with Crippen LogP contribution in [0.1, 0.15) is 37.2 Å². The van der Waals surface area contributed by atoms with Crippen LogP contribution in [-0.4, -0.2) is 36.6 Å². The molecule has 2 aliphatic rings. The number of rotatable bonds is 4. The molecule has 2 saturated carbocycles. The third kappa shape index (κ3) is 3.90. The van der Waals surface area contributed by atoms with Gasteiger partial charge in [-0.05, 0) is 49.6 Å². The highest BCUT2D eigenvalue weighted by Crippen LogP contribution is 2.41. The standard InChI is InChI=1S/C17H24ClN3S/c1-19-17(20-13-6-7-14(9-13)22-2)21-16-10-15(16)11-4-3-5-12(18)8-11/h3-5,8,13-16H,6-7,9-10H2,1-2H3,(H2,19,20,21). The molecule has 4 atom stereocenters. The molecule has 3 rings (SSSR count). The molecule has 2 aliphatic carbocycles. The van der Waals surface area contributed by atoms with E-state index in [1.54, 1.807) is 0 Å². The quantitative estimate of drug-likeness (QED) is 0.650. The van der Waals surface area contributed by atoms with Crippen LogP contribution in [0.4, 0.5) is 0 Å². The molecule has 0 saturated heterocycles. The first-order valence-corrected chi connectivity index (χ1v) is 9.64. The lowest BCUT2D eigenvalue weighted by atomic mass is 10.1. The van der Waals surface area contributed by atoms with Gasteiger partial charge in [0.2, 0.25) is 0 Å². The Hall–Kier alpha value is -0.870. The molecule has 1 aromatic carbocycles. The molecular formula is C17H24ClN3S. The van der Waals surface area contributed by atoms with Gasteiger partial charge in [-0.15, -0.1) is 0 Å². The maximum absolute atomic E-state index is 6.08. The summed E-state index contributed by atoms with van der Waals surface area (Å²) in [6.45, 7) is 0. The minimum atomic E-state index is 0.474. The van der Waals surface area contributed by atoms with Crippen LogP contribution in [0.15, 0.2) is 29.3 Å². The predicted octanol–water partition coefficient (Wildman–Crippen LogP) is 3.65. The number of thioether (sulfide) groups is 1. The Balaban J connectivity index is 1.50. The molecule has 0 bridgehead atoms. The minimum absolute atomic E-state index is 0.474. The summed E-state index contributed by atoms with van der Waals surface area (Å²) in [5.74, 6) is 1.50. The van der Waals surface area contributed by atoms with Crippen LogP contribution in [0, 0.1) is 0 Å². The highest BCUT2D eigenvalue weighted by molar-refractivity contribution is 7.99. The monoisotopic (exact) mass is 337 g/mol. The second-order valence-corrected chi connectivity index (χ2v) is 7.81. The molecule has 120 valence electrons. The summed E-state index contributed by atoms with van der Waals surface area (Å²) in [7, 11) is 1.85. The number of guanidine groups is 1. The zero-order valence-electron chi connectivity index (χ0n) is 13.2. The second kappa shape index (κ2) is 7.14. The van der Waals surface area contributed by atoms with Crippen molar-refractivity contribution >= 4 is 29.3 Å². The topological polar surface area (TPSA) is 36.4 Å². The van der Waals surface area contributed by atoms with Gasteiger partial charge >= 0.3 is 0 Å². The Morgan fingerprint density at radius 1 is 1.27 bits per heavy atom. The van der Waals surface area contributed by atoms with E-state index in [-0.39, 0.29) is 0 Å². The summed E-state index contributed by atoms with van der Waals surface area (Å²) in [6.07, 6.45) is 7.16. The minimum Gasteiger partial charge on any atom is -0.354 e. The van der Waals surface area contributed by atoms with Gasteiger partial charge < -0.3 is 10.6 Å². The second-order valence-electron chi connectivity index (χ2n) is 6.23. The molecule has 0 heterocycles. The Bertz CT molecular complexity index is 548. The normalized spacial score (nSPS) is 31.1. The summed E-state index contributed by atoms with van der Waals surface area (Å²) in [5, 5.41) is 8.76. The van der Waals surface area contributed by atoms with E-state index in [0.717, 1.165) is 22.7 Å². The molecule has 0 aliphatic heterocycles. The number of hydrogen-bond donors (Lipinski definition) is 2. The maximum atomic E-state index is 6.08. The van der Waals surface area contributed by atoms with Crippen molar-refractivity contribution in [2.24, 2.45) is 4.99 Å². The Kier molecular flexibility index (Phi) is 5.19. The summed E-state index contributed by atoms with van der Waals surface area (Å²) >= 11 is 8.06. The fourth-order valence-corrected chi connectivity index (χ4v) is 4.28. The van der Waals surface area contributed by atoms with Crippen molar-refractivity contribution in [1.29, 1.82) is 0 Å². The van der Waals surface area contributed by atoms with E-state index >= 15 is 0 Å². The molecule has 2 N–H and O–H groups in total. The smallest absolute Gasteiger partial charge is 0.191 e. The van der Waals surface area contributed by atoms with E-state index in [2.05, 4.69) is 34.0 Å². The molecule has 4 unspecified atom stereocenters. The Morgan fingerprint density at radius 3 is 2.82 bits per heavy atom. The number of hydrogen-bond acceptors (Lipinski definition) is 2. The van der Waals surface area contributed by atoms with E-state index < -0.39 is 0 Å². The van der Waals surface area contributed by atoms with Gasteiger partial charge in [0.25, 0.3) is 0 Å². The highest BCUT2D eigenvalue weighted by atomic mass is 35.5. The molecule has 0 aromatic heterocycles. The third-order valence-electron chi connectivity index (χ3n) is 4.67. The van der Waals surface area contributed by atoms with Crippen LogP contribution in [0.25, 0.3) is 0 Å². The molecule has 2 fully saturated rings. The van der Waals surface area contributed by atoms with Crippen LogP contribution in [0.3, 0.4) is 0 Å². The van der Waals surface area contributed by atoms with Crippen LogP contribution in [0.5, 0.6) is 0 Å². The first-order valence-electron chi connectivity index (χ1n) is 7.97. The number of halogens is 1. The van der Waals surface area contributed by atoms with E-state index in [1.165, 1.54) is 24.8 Å². The van der Waals surface area contributed by atoms with E-state index in [9.17, 15) is 0 Å². The predicted molar refractivity (Wildman–Crippen MR) is 97.2 cm³/mol. The van der Waals surface area contributed by atoms with Gasteiger partial charge in [0.05, 0.1) is 0 Å². The van der Waals surface area contributed by atoms with Crippen molar-refractivity contribution in [3.8, 4) is 0 Å². The summed E-state index contributed by atoms with van der Waals surface area (Å²) in [6, 6.07) is 9.23. The molecule has 22 heavy (non-hydrogen) atoms. The van der Waals surface area contributed by atoms with Gasteiger partial charge in [0.15, 0.2) is 5.96 Å². The Labute approximate surface area is 142 Å². The summed E-state index contributed by atoms with van der Waals surface area (Å²) in [4.78, 5) is 4.39. The number of aliphatic imine (C=N–C) groups is 1. The molecule has 3 nitrogen and oxygen atoms in total. The first kappa shape index (κ1) is 16.0. The molecule has 0 amide bonds. The largest absolute Gasteiger partial charge is 0.354 e. The Morgan fingerprint density at radius 2 is 2.14 bits per heavy atom.